The van der Waals surface area contributed by atoms with Crippen molar-refractivity contribution >= 4 is 0 Å². The molecule has 0 heterocycles. The second-order valence-electron chi connectivity index (χ2n) is 6.24. The van der Waals surface area contributed by atoms with Crippen molar-refractivity contribution in [2.75, 3.05) is 20.6 Å². The maximum absolute atomic E-state index is 3.82. The molecule has 0 aromatic carbocycles. The van der Waals surface area contributed by atoms with E-state index in [1.165, 1.54) is 44.9 Å². The lowest BCUT2D eigenvalue weighted by molar-refractivity contribution is 0.0204. The standard InChI is InChI=1S/C14H28N2/c1-12(16(2)3)11-15-13-7-10-14(13)8-5-4-6-9-14/h12-13,15H,4-11H2,1-3H3. The van der Waals surface area contributed by atoms with Gasteiger partial charge in [0.05, 0.1) is 0 Å². The summed E-state index contributed by atoms with van der Waals surface area (Å²) >= 11 is 0. The second kappa shape index (κ2) is 5.05. The van der Waals surface area contributed by atoms with Crippen LogP contribution in [0.3, 0.4) is 0 Å². The number of hydrogen-bond acceptors (Lipinski definition) is 2. The van der Waals surface area contributed by atoms with Crippen molar-refractivity contribution in [1.82, 2.24) is 10.2 Å². The minimum Gasteiger partial charge on any atom is -0.312 e. The molecule has 0 bridgehead atoms. The van der Waals surface area contributed by atoms with Crippen molar-refractivity contribution in [3.8, 4) is 0 Å². The minimum absolute atomic E-state index is 0.654. The zero-order chi connectivity index (χ0) is 11.6. The summed E-state index contributed by atoms with van der Waals surface area (Å²) in [6, 6.07) is 1.48. The summed E-state index contributed by atoms with van der Waals surface area (Å²) in [6.45, 7) is 3.46. The number of hydrogen-bond donors (Lipinski definition) is 1. The van der Waals surface area contributed by atoms with Crippen LogP contribution in [0.2, 0.25) is 0 Å². The summed E-state index contributed by atoms with van der Waals surface area (Å²) < 4.78 is 0. The Morgan fingerprint density at radius 3 is 2.38 bits per heavy atom. The Balaban J connectivity index is 1.77. The molecule has 0 aromatic heterocycles. The van der Waals surface area contributed by atoms with Gasteiger partial charge in [0.1, 0.15) is 0 Å². The molecule has 0 amide bonds. The van der Waals surface area contributed by atoms with Gasteiger partial charge in [-0.1, -0.05) is 19.3 Å². The molecule has 2 aliphatic carbocycles. The number of nitrogens with zero attached hydrogens (tertiary/aromatic N) is 1. The van der Waals surface area contributed by atoms with Crippen LogP contribution in [-0.4, -0.2) is 37.6 Å². The van der Waals surface area contributed by atoms with Crippen LogP contribution in [0.5, 0.6) is 0 Å². The molecular formula is C14H28N2. The summed E-state index contributed by atoms with van der Waals surface area (Å²) in [5, 5.41) is 3.82. The maximum atomic E-state index is 3.82. The Hall–Kier alpha value is -0.0800. The highest BCUT2D eigenvalue weighted by Crippen LogP contribution is 2.51. The van der Waals surface area contributed by atoms with Crippen LogP contribution in [0.25, 0.3) is 0 Å². The molecule has 94 valence electrons. The third-order valence-corrected chi connectivity index (χ3v) is 5.06. The minimum atomic E-state index is 0.654. The van der Waals surface area contributed by atoms with Crippen molar-refractivity contribution in [2.45, 2.75) is 64.0 Å². The van der Waals surface area contributed by atoms with Crippen LogP contribution in [0.1, 0.15) is 51.9 Å². The fourth-order valence-electron chi connectivity index (χ4n) is 3.37. The molecule has 0 saturated heterocycles. The average Bonchev–Trinajstić information content (AvgIpc) is 2.28. The van der Waals surface area contributed by atoms with E-state index in [9.17, 15) is 0 Å². The Kier molecular flexibility index (Phi) is 3.91. The molecule has 2 rings (SSSR count). The first-order valence-corrected chi connectivity index (χ1v) is 7.04. The monoisotopic (exact) mass is 224 g/mol. The van der Waals surface area contributed by atoms with Gasteiger partial charge in [0, 0.05) is 18.6 Å². The van der Waals surface area contributed by atoms with Crippen LogP contribution in [-0.2, 0) is 0 Å². The summed E-state index contributed by atoms with van der Waals surface area (Å²) in [4.78, 5) is 2.30. The molecule has 2 fully saturated rings. The van der Waals surface area contributed by atoms with Crippen LogP contribution >= 0.6 is 0 Å². The van der Waals surface area contributed by atoms with Gasteiger partial charge in [0.25, 0.3) is 0 Å². The predicted octanol–water partition coefficient (Wildman–Crippen LogP) is 2.64. The van der Waals surface area contributed by atoms with Gasteiger partial charge in [-0.15, -0.1) is 0 Å². The van der Waals surface area contributed by atoms with E-state index < -0.39 is 0 Å². The number of nitrogens with one attached hydrogen (secondary N) is 1. The molecule has 2 heteroatoms. The smallest absolute Gasteiger partial charge is 0.0186 e. The Morgan fingerprint density at radius 1 is 1.19 bits per heavy atom. The van der Waals surface area contributed by atoms with Gasteiger partial charge in [0.2, 0.25) is 0 Å². The first-order valence-electron chi connectivity index (χ1n) is 7.04. The fraction of sp³-hybridized carbons (Fsp3) is 1.00. The SMILES string of the molecule is CC(CNC1CCC12CCCCC2)N(C)C. The highest BCUT2D eigenvalue weighted by atomic mass is 15.1. The Bertz CT molecular complexity index is 219. The first-order chi connectivity index (χ1) is 7.64. The molecule has 2 nitrogen and oxygen atoms in total. The molecule has 2 saturated carbocycles. The fourth-order valence-corrected chi connectivity index (χ4v) is 3.37. The Morgan fingerprint density at radius 2 is 1.88 bits per heavy atom. The molecule has 1 spiro atoms. The lowest BCUT2D eigenvalue weighted by Gasteiger charge is -2.53. The van der Waals surface area contributed by atoms with Crippen LogP contribution < -0.4 is 5.32 Å². The van der Waals surface area contributed by atoms with Crippen molar-refractivity contribution in [1.29, 1.82) is 0 Å². The van der Waals surface area contributed by atoms with E-state index in [0.29, 0.717) is 11.5 Å². The van der Waals surface area contributed by atoms with E-state index in [1.54, 1.807) is 0 Å². The van der Waals surface area contributed by atoms with Crippen LogP contribution in [0.15, 0.2) is 0 Å². The number of likely N-dealkylation sites (N-methyl/N-ethyl adjacent to an activating group) is 1. The summed E-state index contributed by atoms with van der Waals surface area (Å²) in [5.41, 5.74) is 0.713. The van der Waals surface area contributed by atoms with E-state index in [2.05, 4.69) is 31.2 Å². The largest absolute Gasteiger partial charge is 0.312 e. The van der Waals surface area contributed by atoms with Crippen molar-refractivity contribution in [3.63, 3.8) is 0 Å². The van der Waals surface area contributed by atoms with Gasteiger partial charge in [-0.05, 0) is 52.1 Å². The number of rotatable bonds is 4. The van der Waals surface area contributed by atoms with E-state index >= 15 is 0 Å². The van der Waals surface area contributed by atoms with E-state index in [4.69, 9.17) is 0 Å². The summed E-state index contributed by atoms with van der Waals surface area (Å²) in [5.74, 6) is 0. The van der Waals surface area contributed by atoms with Gasteiger partial charge in [-0.25, -0.2) is 0 Å². The Labute approximate surface area is 101 Å². The van der Waals surface area contributed by atoms with E-state index in [1.807, 2.05) is 0 Å². The molecular weight excluding hydrogens is 196 g/mol. The third kappa shape index (κ3) is 2.43. The van der Waals surface area contributed by atoms with Crippen LogP contribution in [0, 0.1) is 5.41 Å². The molecule has 0 radical (unpaired) electrons. The molecule has 0 aliphatic heterocycles. The highest BCUT2D eigenvalue weighted by Gasteiger charge is 2.46. The summed E-state index contributed by atoms with van der Waals surface area (Å²) in [7, 11) is 4.34. The normalized spacial score (nSPS) is 30.4. The second-order valence-corrected chi connectivity index (χ2v) is 6.24. The van der Waals surface area contributed by atoms with E-state index in [-0.39, 0.29) is 0 Å². The first kappa shape index (κ1) is 12.4. The molecule has 2 atom stereocenters. The zero-order valence-corrected chi connectivity index (χ0v) is 11.3. The van der Waals surface area contributed by atoms with Crippen molar-refractivity contribution in [2.24, 2.45) is 5.41 Å². The maximum Gasteiger partial charge on any atom is 0.0186 e. The molecule has 0 aromatic rings. The quantitative estimate of drug-likeness (QED) is 0.790. The lowest BCUT2D eigenvalue weighted by Crippen LogP contribution is -2.56. The van der Waals surface area contributed by atoms with Gasteiger partial charge >= 0.3 is 0 Å². The predicted molar refractivity (Wildman–Crippen MR) is 69.7 cm³/mol. The van der Waals surface area contributed by atoms with Crippen LogP contribution in [0.4, 0.5) is 0 Å². The third-order valence-electron chi connectivity index (χ3n) is 5.06. The summed E-state index contributed by atoms with van der Waals surface area (Å²) in [6.07, 6.45) is 10.3. The van der Waals surface area contributed by atoms with Gasteiger partial charge in [-0.3, -0.25) is 0 Å². The van der Waals surface area contributed by atoms with Gasteiger partial charge < -0.3 is 10.2 Å². The molecule has 2 unspecified atom stereocenters. The zero-order valence-electron chi connectivity index (χ0n) is 11.3. The lowest BCUT2D eigenvalue weighted by atomic mass is 9.57. The van der Waals surface area contributed by atoms with Gasteiger partial charge in [0.15, 0.2) is 0 Å². The molecule has 1 N–H and O–H groups in total. The topological polar surface area (TPSA) is 15.3 Å². The van der Waals surface area contributed by atoms with Crippen molar-refractivity contribution in [3.05, 3.63) is 0 Å². The van der Waals surface area contributed by atoms with Gasteiger partial charge in [-0.2, -0.15) is 0 Å². The van der Waals surface area contributed by atoms with E-state index in [0.717, 1.165) is 12.6 Å². The highest BCUT2D eigenvalue weighted by molar-refractivity contribution is 5.01. The molecule has 2 aliphatic rings. The molecule has 16 heavy (non-hydrogen) atoms. The average molecular weight is 224 g/mol. The van der Waals surface area contributed by atoms with Crippen molar-refractivity contribution < 1.29 is 0 Å².